The van der Waals surface area contributed by atoms with Gasteiger partial charge in [0.05, 0.1) is 6.54 Å². The molecule has 0 radical (unpaired) electrons. The van der Waals surface area contributed by atoms with Crippen molar-refractivity contribution in [3.8, 4) is 0 Å². The van der Waals surface area contributed by atoms with Gasteiger partial charge in [0.1, 0.15) is 0 Å². The lowest BCUT2D eigenvalue weighted by atomic mass is 9.94. The topological polar surface area (TPSA) is 59.9 Å². The Morgan fingerprint density at radius 1 is 1.18 bits per heavy atom. The monoisotopic (exact) mass is 388 g/mol. The van der Waals surface area contributed by atoms with Crippen LogP contribution in [-0.2, 0) is 13.0 Å². The lowest BCUT2D eigenvalue weighted by Crippen LogP contribution is -2.49. The van der Waals surface area contributed by atoms with E-state index in [9.17, 15) is 5.11 Å². The highest BCUT2D eigenvalue weighted by Crippen LogP contribution is 2.25. The molecule has 0 saturated carbocycles. The normalized spacial score (nSPS) is 16.5. The Morgan fingerprint density at radius 3 is 2.61 bits per heavy atom. The molecule has 1 aliphatic rings. The first-order valence-electron chi connectivity index (χ1n) is 10.9. The van der Waals surface area contributed by atoms with Gasteiger partial charge in [-0.3, -0.25) is 9.89 Å². The summed E-state index contributed by atoms with van der Waals surface area (Å²) in [5, 5.41) is 16.1. The molecule has 5 heteroatoms. The summed E-state index contributed by atoms with van der Waals surface area (Å²) < 4.78 is 0. The van der Waals surface area contributed by atoms with Crippen molar-refractivity contribution in [3.63, 3.8) is 0 Å². The van der Waals surface area contributed by atoms with Crippen LogP contribution in [0.3, 0.4) is 0 Å². The third-order valence-corrected chi connectivity index (χ3v) is 5.75. The second kappa shape index (κ2) is 11.4. The second-order valence-corrected chi connectivity index (χ2v) is 8.50. The quantitative estimate of drug-likeness (QED) is 0.426. The largest absolute Gasteiger partial charge is 0.396 e. The van der Waals surface area contributed by atoms with Gasteiger partial charge in [0.2, 0.25) is 0 Å². The van der Waals surface area contributed by atoms with Gasteiger partial charge in [-0.05, 0) is 57.1 Å². The van der Waals surface area contributed by atoms with E-state index in [1.165, 1.54) is 11.1 Å². The van der Waals surface area contributed by atoms with E-state index in [0.717, 1.165) is 64.4 Å². The third kappa shape index (κ3) is 6.78. The van der Waals surface area contributed by atoms with E-state index in [1.54, 1.807) is 0 Å². The molecule has 1 aliphatic heterocycles. The Kier molecular flexibility index (Phi) is 9.26. The molecule has 3 N–H and O–H groups in total. The number of rotatable bonds is 10. The summed E-state index contributed by atoms with van der Waals surface area (Å²) in [6, 6.07) is 8.78. The Morgan fingerprint density at radius 2 is 1.93 bits per heavy atom. The molecule has 0 aromatic heterocycles. The lowest BCUT2D eigenvalue weighted by molar-refractivity contribution is 0.111. The summed E-state index contributed by atoms with van der Waals surface area (Å²) in [7, 11) is 0. The molecule has 0 bridgehead atoms. The third-order valence-electron chi connectivity index (χ3n) is 5.75. The number of hydrogen-bond acceptors (Lipinski definition) is 3. The van der Waals surface area contributed by atoms with Crippen molar-refractivity contribution in [1.29, 1.82) is 0 Å². The lowest BCUT2D eigenvalue weighted by Gasteiger charge is -2.40. The minimum atomic E-state index is 0.00377. The fourth-order valence-corrected chi connectivity index (χ4v) is 3.91. The molecule has 0 spiro atoms. The molecular weight excluding hydrogens is 348 g/mol. The molecule has 1 aromatic rings. The second-order valence-electron chi connectivity index (χ2n) is 8.50. The molecule has 28 heavy (non-hydrogen) atoms. The highest BCUT2D eigenvalue weighted by Gasteiger charge is 2.29. The highest BCUT2D eigenvalue weighted by atomic mass is 16.3. The number of guanidine groups is 1. The van der Waals surface area contributed by atoms with Crippen molar-refractivity contribution in [2.24, 2.45) is 10.9 Å². The van der Waals surface area contributed by atoms with Crippen LogP contribution in [0.2, 0.25) is 0 Å². The van der Waals surface area contributed by atoms with E-state index in [2.05, 4.69) is 67.5 Å². The van der Waals surface area contributed by atoms with E-state index in [4.69, 9.17) is 4.99 Å². The van der Waals surface area contributed by atoms with Crippen molar-refractivity contribution in [1.82, 2.24) is 15.5 Å². The maximum Gasteiger partial charge on any atom is 0.191 e. The predicted molar refractivity (Wildman–Crippen MR) is 119 cm³/mol. The molecule has 0 aliphatic carbocycles. The van der Waals surface area contributed by atoms with Crippen LogP contribution in [0.25, 0.3) is 0 Å². The molecule has 5 nitrogen and oxygen atoms in total. The van der Waals surface area contributed by atoms with Crippen LogP contribution < -0.4 is 10.6 Å². The first kappa shape index (κ1) is 22.7. The number of benzene rings is 1. The molecule has 2 rings (SSSR count). The van der Waals surface area contributed by atoms with E-state index in [0.29, 0.717) is 5.92 Å². The minimum Gasteiger partial charge on any atom is -0.396 e. The standard InChI is InChI=1S/C23H40N4O/c1-5-9-19(13-15-28)16-25-22(24-6-2)26-18-23(3,4)27-14-12-20-10-7-8-11-21(20)17-27/h7-8,10-11,19,28H,5-6,9,12-18H2,1-4H3,(H2,24,25,26). The first-order chi connectivity index (χ1) is 13.5. The van der Waals surface area contributed by atoms with Crippen LogP contribution in [0.1, 0.15) is 58.1 Å². The van der Waals surface area contributed by atoms with Crippen LogP contribution in [-0.4, -0.2) is 54.3 Å². The van der Waals surface area contributed by atoms with Crippen molar-refractivity contribution in [2.45, 2.75) is 65.5 Å². The van der Waals surface area contributed by atoms with Crippen molar-refractivity contribution in [3.05, 3.63) is 35.4 Å². The van der Waals surface area contributed by atoms with Crippen LogP contribution in [0, 0.1) is 5.92 Å². The van der Waals surface area contributed by atoms with Gasteiger partial charge < -0.3 is 15.7 Å². The Balaban J connectivity index is 1.96. The van der Waals surface area contributed by atoms with Gasteiger partial charge in [0.15, 0.2) is 5.96 Å². The molecule has 1 aromatic carbocycles. The zero-order chi connectivity index (χ0) is 20.4. The van der Waals surface area contributed by atoms with E-state index in [-0.39, 0.29) is 12.1 Å². The van der Waals surface area contributed by atoms with E-state index < -0.39 is 0 Å². The van der Waals surface area contributed by atoms with Crippen LogP contribution >= 0.6 is 0 Å². The molecule has 158 valence electrons. The van der Waals surface area contributed by atoms with Crippen LogP contribution in [0.5, 0.6) is 0 Å². The smallest absolute Gasteiger partial charge is 0.191 e. The molecule has 1 unspecified atom stereocenters. The fourth-order valence-electron chi connectivity index (χ4n) is 3.91. The molecule has 0 fully saturated rings. The summed E-state index contributed by atoms with van der Waals surface area (Å²) in [6.07, 6.45) is 4.23. The summed E-state index contributed by atoms with van der Waals surface area (Å²) in [5.74, 6) is 1.37. The number of nitrogens with zero attached hydrogens (tertiary/aromatic N) is 2. The Bertz CT molecular complexity index is 608. The zero-order valence-corrected chi connectivity index (χ0v) is 18.3. The number of aliphatic hydroxyl groups excluding tert-OH is 1. The fraction of sp³-hybridized carbons (Fsp3) is 0.696. The maximum atomic E-state index is 9.28. The Hall–Kier alpha value is -1.59. The predicted octanol–water partition coefficient (Wildman–Crippen LogP) is 3.18. The van der Waals surface area contributed by atoms with Crippen LogP contribution in [0.15, 0.2) is 29.3 Å². The van der Waals surface area contributed by atoms with E-state index >= 15 is 0 Å². The molecule has 0 saturated heterocycles. The molecule has 0 amide bonds. The van der Waals surface area contributed by atoms with Gasteiger partial charge in [-0.15, -0.1) is 0 Å². The average molecular weight is 389 g/mol. The van der Waals surface area contributed by atoms with Gasteiger partial charge >= 0.3 is 0 Å². The zero-order valence-electron chi connectivity index (χ0n) is 18.3. The average Bonchev–Trinajstić information content (AvgIpc) is 2.70. The van der Waals surface area contributed by atoms with Crippen molar-refractivity contribution < 1.29 is 5.11 Å². The number of aliphatic imine (C=N–C) groups is 1. The number of nitrogens with one attached hydrogen (secondary N) is 2. The summed E-state index contributed by atoms with van der Waals surface area (Å²) >= 11 is 0. The summed E-state index contributed by atoms with van der Waals surface area (Å²) in [6.45, 7) is 13.7. The van der Waals surface area contributed by atoms with Gasteiger partial charge in [-0.2, -0.15) is 0 Å². The minimum absolute atomic E-state index is 0.00377. The highest BCUT2D eigenvalue weighted by molar-refractivity contribution is 5.79. The first-order valence-corrected chi connectivity index (χ1v) is 10.9. The summed E-state index contributed by atoms with van der Waals surface area (Å²) in [5.41, 5.74) is 2.94. The summed E-state index contributed by atoms with van der Waals surface area (Å²) in [4.78, 5) is 7.45. The van der Waals surface area contributed by atoms with E-state index in [1.807, 2.05) is 0 Å². The number of aliphatic hydroxyl groups is 1. The van der Waals surface area contributed by atoms with Gasteiger partial charge in [-0.25, -0.2) is 0 Å². The van der Waals surface area contributed by atoms with Gasteiger partial charge in [-0.1, -0.05) is 37.6 Å². The molecular formula is C23H40N4O. The van der Waals surface area contributed by atoms with Gasteiger partial charge in [0.25, 0.3) is 0 Å². The Labute approximate surface area is 171 Å². The van der Waals surface area contributed by atoms with Gasteiger partial charge in [0, 0.05) is 38.3 Å². The van der Waals surface area contributed by atoms with Crippen LogP contribution in [0.4, 0.5) is 0 Å². The maximum absolute atomic E-state index is 9.28. The number of hydrogen-bond donors (Lipinski definition) is 3. The SMILES string of the molecule is CCCC(CCO)CNC(=NCC(C)(C)N1CCc2ccccc2C1)NCC. The number of fused-ring (bicyclic) bond motifs is 1. The van der Waals surface area contributed by atoms with Crippen molar-refractivity contribution in [2.75, 3.05) is 32.8 Å². The molecule has 1 atom stereocenters. The molecule has 1 heterocycles. The van der Waals surface area contributed by atoms with Crippen molar-refractivity contribution >= 4 is 5.96 Å².